The minimum atomic E-state index is 0.0858. The van der Waals surface area contributed by atoms with Crippen molar-refractivity contribution in [3.05, 3.63) is 34.0 Å². The lowest BCUT2D eigenvalue weighted by atomic mass is 10.2. The van der Waals surface area contributed by atoms with E-state index in [9.17, 15) is 9.59 Å². The molecule has 88 valence electrons. The van der Waals surface area contributed by atoms with Crippen LogP contribution < -0.4 is 0 Å². The van der Waals surface area contributed by atoms with E-state index >= 15 is 0 Å². The van der Waals surface area contributed by atoms with Crippen LogP contribution in [0.3, 0.4) is 0 Å². The first-order chi connectivity index (χ1) is 8.11. The van der Waals surface area contributed by atoms with Crippen LogP contribution in [0.25, 0.3) is 9.75 Å². The molecule has 0 unspecified atom stereocenters. The molecule has 2 rings (SSSR count). The third kappa shape index (κ3) is 2.53. The SMILES string of the molecule is CCC(=O)c1ccc(-c2ccc(C(C)=O)s2)s1. The quantitative estimate of drug-likeness (QED) is 0.773. The van der Waals surface area contributed by atoms with Gasteiger partial charge >= 0.3 is 0 Å². The van der Waals surface area contributed by atoms with Crippen molar-refractivity contribution < 1.29 is 9.59 Å². The van der Waals surface area contributed by atoms with Gasteiger partial charge in [-0.3, -0.25) is 9.59 Å². The first-order valence-corrected chi connectivity index (χ1v) is 6.99. The van der Waals surface area contributed by atoms with Gasteiger partial charge in [0.15, 0.2) is 11.6 Å². The predicted octanol–water partition coefficient (Wildman–Crippen LogP) is 4.27. The van der Waals surface area contributed by atoms with E-state index in [1.165, 1.54) is 22.7 Å². The molecular weight excluding hydrogens is 252 g/mol. The number of ketones is 2. The molecule has 4 heteroatoms. The second-order valence-electron chi connectivity index (χ2n) is 3.66. The Morgan fingerprint density at radius 3 is 2.00 bits per heavy atom. The number of Topliss-reactive ketones (excluding diaryl/α,β-unsaturated/α-hetero) is 2. The van der Waals surface area contributed by atoms with Crippen molar-refractivity contribution in [2.24, 2.45) is 0 Å². The van der Waals surface area contributed by atoms with Gasteiger partial charge in [-0.2, -0.15) is 0 Å². The molecule has 2 nitrogen and oxygen atoms in total. The Kier molecular flexibility index (Phi) is 3.54. The largest absolute Gasteiger partial charge is 0.294 e. The fraction of sp³-hybridized carbons (Fsp3) is 0.231. The van der Waals surface area contributed by atoms with Crippen LogP contribution >= 0.6 is 22.7 Å². The molecule has 2 aromatic rings. The molecule has 0 atom stereocenters. The molecule has 17 heavy (non-hydrogen) atoms. The summed E-state index contributed by atoms with van der Waals surface area (Å²) in [7, 11) is 0. The van der Waals surface area contributed by atoms with Crippen LogP contribution in [-0.4, -0.2) is 11.6 Å². The molecular formula is C13H12O2S2. The standard InChI is InChI=1S/C13H12O2S2/c1-3-9(15)11-5-7-13(17-11)12-6-4-10(16-12)8(2)14/h4-7H,3H2,1-2H3. The number of thiophene rings is 2. The van der Waals surface area contributed by atoms with E-state index in [2.05, 4.69) is 0 Å². The number of rotatable bonds is 4. The summed E-state index contributed by atoms with van der Waals surface area (Å²) in [6, 6.07) is 7.58. The van der Waals surface area contributed by atoms with Crippen molar-refractivity contribution >= 4 is 34.2 Å². The molecule has 0 bridgehead atoms. The average Bonchev–Trinajstić information content (AvgIpc) is 2.95. The van der Waals surface area contributed by atoms with Crippen molar-refractivity contribution in [2.45, 2.75) is 20.3 Å². The van der Waals surface area contributed by atoms with Gasteiger partial charge in [0.05, 0.1) is 9.75 Å². The van der Waals surface area contributed by atoms with E-state index in [0.29, 0.717) is 6.42 Å². The molecule has 0 saturated carbocycles. The Balaban J connectivity index is 2.30. The Morgan fingerprint density at radius 2 is 1.53 bits per heavy atom. The molecule has 0 aliphatic carbocycles. The number of carbonyl (C=O) groups is 2. The van der Waals surface area contributed by atoms with Gasteiger partial charge < -0.3 is 0 Å². The summed E-state index contributed by atoms with van der Waals surface area (Å²) in [6.07, 6.45) is 0.531. The molecule has 0 aliphatic heterocycles. The number of hydrogen-bond acceptors (Lipinski definition) is 4. The van der Waals surface area contributed by atoms with E-state index in [-0.39, 0.29) is 11.6 Å². The molecule has 0 radical (unpaired) electrons. The fourth-order valence-corrected chi connectivity index (χ4v) is 3.46. The van der Waals surface area contributed by atoms with Gasteiger partial charge in [0.2, 0.25) is 0 Å². The Labute approximate surface area is 108 Å². The molecule has 0 N–H and O–H groups in total. The van der Waals surface area contributed by atoms with Crippen molar-refractivity contribution in [3.63, 3.8) is 0 Å². The second-order valence-corrected chi connectivity index (χ2v) is 5.83. The van der Waals surface area contributed by atoms with Gasteiger partial charge in [-0.15, -0.1) is 22.7 Å². The second kappa shape index (κ2) is 4.94. The van der Waals surface area contributed by atoms with Crippen LogP contribution in [0.2, 0.25) is 0 Å². The smallest absolute Gasteiger partial charge is 0.172 e. The summed E-state index contributed by atoms with van der Waals surface area (Å²) in [4.78, 5) is 26.4. The maximum absolute atomic E-state index is 11.5. The van der Waals surface area contributed by atoms with Crippen molar-refractivity contribution in [2.75, 3.05) is 0 Å². The molecule has 0 aliphatic rings. The third-order valence-electron chi connectivity index (χ3n) is 2.40. The first-order valence-electron chi connectivity index (χ1n) is 5.36. The molecule has 2 heterocycles. The lowest BCUT2D eigenvalue weighted by molar-refractivity contribution is 0.0989. The summed E-state index contributed by atoms with van der Waals surface area (Å²) < 4.78 is 0. The minimum absolute atomic E-state index is 0.0858. The van der Waals surface area contributed by atoms with Gasteiger partial charge in [0.25, 0.3) is 0 Å². The van der Waals surface area contributed by atoms with E-state index in [0.717, 1.165) is 19.5 Å². The van der Waals surface area contributed by atoms with Crippen molar-refractivity contribution in [1.29, 1.82) is 0 Å². The number of carbonyl (C=O) groups excluding carboxylic acids is 2. The van der Waals surface area contributed by atoms with Crippen LogP contribution in [0.1, 0.15) is 39.6 Å². The summed E-state index contributed by atoms with van der Waals surface area (Å²) in [5, 5.41) is 0. The Morgan fingerprint density at radius 1 is 1.00 bits per heavy atom. The van der Waals surface area contributed by atoms with Gasteiger partial charge in [-0.05, 0) is 31.2 Å². The lowest BCUT2D eigenvalue weighted by Crippen LogP contribution is -1.90. The van der Waals surface area contributed by atoms with Crippen LogP contribution in [0, 0.1) is 0 Å². The fourth-order valence-electron chi connectivity index (χ4n) is 1.45. The molecule has 0 spiro atoms. The highest BCUT2D eigenvalue weighted by molar-refractivity contribution is 7.23. The van der Waals surface area contributed by atoms with Gasteiger partial charge in [0.1, 0.15) is 0 Å². The topological polar surface area (TPSA) is 34.1 Å². The lowest BCUT2D eigenvalue weighted by Gasteiger charge is -1.90. The normalized spacial score (nSPS) is 10.5. The summed E-state index contributed by atoms with van der Waals surface area (Å²) in [5.41, 5.74) is 0. The summed E-state index contributed by atoms with van der Waals surface area (Å²) >= 11 is 2.97. The molecule has 2 aromatic heterocycles. The van der Waals surface area contributed by atoms with Gasteiger partial charge in [-0.25, -0.2) is 0 Å². The first kappa shape index (κ1) is 12.2. The maximum atomic E-state index is 11.5. The average molecular weight is 264 g/mol. The van der Waals surface area contributed by atoms with E-state index in [4.69, 9.17) is 0 Å². The molecule has 0 fully saturated rings. The molecule has 0 saturated heterocycles. The van der Waals surface area contributed by atoms with Crippen molar-refractivity contribution in [1.82, 2.24) is 0 Å². The zero-order valence-corrected chi connectivity index (χ0v) is 11.3. The van der Waals surface area contributed by atoms with Crippen molar-refractivity contribution in [3.8, 4) is 9.75 Å². The van der Waals surface area contributed by atoms with E-state index in [1.54, 1.807) is 6.92 Å². The van der Waals surface area contributed by atoms with Gasteiger partial charge in [0, 0.05) is 16.2 Å². The maximum Gasteiger partial charge on any atom is 0.172 e. The highest BCUT2D eigenvalue weighted by atomic mass is 32.1. The molecule has 0 amide bonds. The van der Waals surface area contributed by atoms with Crippen LogP contribution in [-0.2, 0) is 0 Å². The highest BCUT2D eigenvalue weighted by Crippen LogP contribution is 2.34. The molecule has 0 aromatic carbocycles. The zero-order chi connectivity index (χ0) is 12.4. The van der Waals surface area contributed by atoms with Gasteiger partial charge in [-0.1, -0.05) is 6.92 Å². The summed E-state index contributed by atoms with van der Waals surface area (Å²) in [5.74, 6) is 0.257. The van der Waals surface area contributed by atoms with E-state index < -0.39 is 0 Å². The summed E-state index contributed by atoms with van der Waals surface area (Å²) in [6.45, 7) is 3.43. The third-order valence-corrected chi connectivity index (χ3v) is 4.91. The Hall–Kier alpha value is -1.26. The van der Waals surface area contributed by atoms with E-state index in [1.807, 2.05) is 31.2 Å². The number of hydrogen-bond donors (Lipinski definition) is 0. The minimum Gasteiger partial charge on any atom is -0.294 e. The monoisotopic (exact) mass is 264 g/mol. The highest BCUT2D eigenvalue weighted by Gasteiger charge is 2.11. The van der Waals surface area contributed by atoms with Crippen LogP contribution in [0.4, 0.5) is 0 Å². The van der Waals surface area contributed by atoms with Crippen LogP contribution in [0.5, 0.6) is 0 Å². The van der Waals surface area contributed by atoms with Crippen LogP contribution in [0.15, 0.2) is 24.3 Å². The predicted molar refractivity (Wildman–Crippen MR) is 72.3 cm³/mol. The Bertz CT molecular complexity index is 563. The zero-order valence-electron chi connectivity index (χ0n) is 9.65.